The number of carbonyl (C=O) groups is 2. The number of allylic oxidation sites excluding steroid dienone is 1. The van der Waals surface area contributed by atoms with Gasteiger partial charge < -0.3 is 15.4 Å². The molecule has 3 N–H and O–H groups in total. The van der Waals surface area contributed by atoms with Gasteiger partial charge in [-0.25, -0.2) is 4.79 Å². The third kappa shape index (κ3) is 3.98. The van der Waals surface area contributed by atoms with E-state index < -0.39 is 0 Å². The van der Waals surface area contributed by atoms with E-state index in [9.17, 15) is 9.59 Å². The van der Waals surface area contributed by atoms with Crippen LogP contribution >= 0.6 is 0 Å². The molecule has 4 rings (SSSR count). The topological polar surface area (TPSA) is 108 Å². The van der Waals surface area contributed by atoms with Gasteiger partial charge in [-0.05, 0) is 42.2 Å². The number of ether oxygens (including phenoxy) is 1. The molecule has 0 saturated carbocycles. The van der Waals surface area contributed by atoms with Crippen molar-refractivity contribution in [2.75, 3.05) is 25.0 Å². The molecule has 9 heteroatoms. The second-order valence-corrected chi connectivity index (χ2v) is 6.46. The van der Waals surface area contributed by atoms with Gasteiger partial charge in [-0.2, -0.15) is 0 Å². The number of amides is 3. The Bertz CT molecular complexity index is 824. The average Bonchev–Trinajstić information content (AvgIpc) is 3.36. The number of fused-ring (bicyclic) bond motifs is 1. The number of carbonyl (C=O) groups excluding carboxylic acids is 2. The molecule has 1 atom stereocenters. The third-order valence-corrected chi connectivity index (χ3v) is 4.53. The van der Waals surface area contributed by atoms with Gasteiger partial charge in [0.1, 0.15) is 0 Å². The first-order valence-corrected chi connectivity index (χ1v) is 8.84. The molecule has 27 heavy (non-hydrogen) atoms. The fourth-order valence-corrected chi connectivity index (χ4v) is 3.07. The summed E-state index contributed by atoms with van der Waals surface area (Å²) in [6.07, 6.45) is 9.40. The zero-order valence-corrected chi connectivity index (χ0v) is 14.6. The van der Waals surface area contributed by atoms with Crippen LogP contribution in [0.3, 0.4) is 0 Å². The van der Waals surface area contributed by atoms with Crippen molar-refractivity contribution in [2.45, 2.75) is 18.9 Å². The second kappa shape index (κ2) is 7.58. The SMILES string of the molecule is O=C(NC[C@@H]1CCCO1)c1ccc(NC(=O)N2C=C3C=CNC=C3C2)nn1. The summed E-state index contributed by atoms with van der Waals surface area (Å²) in [7, 11) is 0. The van der Waals surface area contributed by atoms with Crippen LogP contribution in [0.25, 0.3) is 0 Å². The Kier molecular flexibility index (Phi) is 4.84. The van der Waals surface area contributed by atoms with Gasteiger partial charge in [0.15, 0.2) is 11.5 Å². The fourth-order valence-electron chi connectivity index (χ4n) is 3.07. The van der Waals surface area contributed by atoms with Crippen molar-refractivity contribution in [3.8, 4) is 0 Å². The average molecular weight is 368 g/mol. The first-order chi connectivity index (χ1) is 13.2. The maximum atomic E-state index is 12.4. The number of urea groups is 1. The van der Waals surface area contributed by atoms with Gasteiger partial charge in [0.25, 0.3) is 5.91 Å². The van der Waals surface area contributed by atoms with Gasteiger partial charge in [0.2, 0.25) is 0 Å². The molecule has 4 heterocycles. The van der Waals surface area contributed by atoms with Crippen molar-refractivity contribution in [3.05, 3.63) is 53.6 Å². The van der Waals surface area contributed by atoms with Crippen LogP contribution < -0.4 is 16.0 Å². The molecule has 1 aromatic heterocycles. The van der Waals surface area contributed by atoms with Crippen LogP contribution in [0, 0.1) is 0 Å². The summed E-state index contributed by atoms with van der Waals surface area (Å²) in [5.41, 5.74) is 2.23. The summed E-state index contributed by atoms with van der Waals surface area (Å²) in [6.45, 7) is 1.68. The molecule has 0 unspecified atom stereocenters. The molecule has 0 bridgehead atoms. The number of rotatable bonds is 4. The first-order valence-electron chi connectivity index (χ1n) is 8.84. The Morgan fingerprint density at radius 3 is 3.00 bits per heavy atom. The molecule has 0 spiro atoms. The molecular weight excluding hydrogens is 348 g/mol. The van der Waals surface area contributed by atoms with Crippen LogP contribution in [0.4, 0.5) is 10.6 Å². The highest BCUT2D eigenvalue weighted by Crippen LogP contribution is 2.23. The van der Waals surface area contributed by atoms with Crippen molar-refractivity contribution in [1.82, 2.24) is 25.7 Å². The maximum Gasteiger partial charge on any atom is 0.327 e. The van der Waals surface area contributed by atoms with Crippen molar-refractivity contribution < 1.29 is 14.3 Å². The Morgan fingerprint density at radius 2 is 2.26 bits per heavy atom. The van der Waals surface area contributed by atoms with E-state index in [0.717, 1.165) is 30.6 Å². The minimum absolute atomic E-state index is 0.0684. The lowest BCUT2D eigenvalue weighted by Crippen LogP contribution is -2.32. The Labute approximate surface area is 156 Å². The molecule has 1 saturated heterocycles. The Morgan fingerprint density at radius 1 is 1.33 bits per heavy atom. The van der Waals surface area contributed by atoms with Crippen LogP contribution in [0.5, 0.6) is 0 Å². The number of nitrogens with zero attached hydrogens (tertiary/aromatic N) is 3. The quantitative estimate of drug-likeness (QED) is 0.735. The van der Waals surface area contributed by atoms with Crippen LogP contribution in [-0.4, -0.2) is 52.8 Å². The summed E-state index contributed by atoms with van der Waals surface area (Å²) in [4.78, 5) is 26.0. The summed E-state index contributed by atoms with van der Waals surface area (Å²) >= 11 is 0. The third-order valence-electron chi connectivity index (χ3n) is 4.53. The Balaban J connectivity index is 1.31. The molecule has 0 aliphatic carbocycles. The van der Waals surface area contributed by atoms with E-state index in [1.807, 2.05) is 18.5 Å². The lowest BCUT2D eigenvalue weighted by Gasteiger charge is -2.14. The van der Waals surface area contributed by atoms with E-state index in [2.05, 4.69) is 26.1 Å². The van der Waals surface area contributed by atoms with E-state index in [0.29, 0.717) is 13.1 Å². The molecule has 0 radical (unpaired) electrons. The number of hydrogen-bond donors (Lipinski definition) is 3. The van der Waals surface area contributed by atoms with Gasteiger partial charge >= 0.3 is 6.03 Å². The molecule has 3 aliphatic heterocycles. The molecule has 1 fully saturated rings. The smallest absolute Gasteiger partial charge is 0.327 e. The minimum atomic E-state index is -0.310. The normalized spacial score (nSPS) is 20.4. The molecule has 1 aromatic rings. The fraction of sp³-hybridized carbons (Fsp3) is 0.333. The largest absolute Gasteiger partial charge is 0.376 e. The van der Waals surface area contributed by atoms with Gasteiger partial charge in [-0.1, -0.05) is 0 Å². The van der Waals surface area contributed by atoms with Gasteiger partial charge in [0.05, 0.1) is 12.6 Å². The van der Waals surface area contributed by atoms with Crippen LogP contribution in [0.1, 0.15) is 23.3 Å². The van der Waals surface area contributed by atoms with Crippen LogP contribution in [-0.2, 0) is 4.74 Å². The zero-order chi connectivity index (χ0) is 18.6. The van der Waals surface area contributed by atoms with Crippen molar-refractivity contribution in [3.63, 3.8) is 0 Å². The Hall–Kier alpha value is -3.20. The van der Waals surface area contributed by atoms with E-state index in [1.54, 1.807) is 17.2 Å². The molecule has 3 aliphatic rings. The number of anilines is 1. The lowest BCUT2D eigenvalue weighted by molar-refractivity contribution is 0.0853. The zero-order valence-electron chi connectivity index (χ0n) is 14.6. The lowest BCUT2D eigenvalue weighted by atomic mass is 10.1. The molecule has 3 amide bonds. The van der Waals surface area contributed by atoms with E-state index in [4.69, 9.17) is 4.74 Å². The summed E-state index contributed by atoms with van der Waals surface area (Å²) < 4.78 is 5.47. The highest BCUT2D eigenvalue weighted by molar-refractivity contribution is 5.93. The van der Waals surface area contributed by atoms with Crippen molar-refractivity contribution in [2.24, 2.45) is 0 Å². The molecule has 9 nitrogen and oxygen atoms in total. The molecule has 140 valence electrons. The minimum Gasteiger partial charge on any atom is -0.376 e. The van der Waals surface area contributed by atoms with Gasteiger partial charge in [-0.3, -0.25) is 15.0 Å². The standard InChI is InChI=1S/C18H20N6O3/c25-17(20-9-14-2-1-7-27-14)15-3-4-16(23-22-15)21-18(26)24-10-12-5-6-19-8-13(12)11-24/h3-6,8,10,14,19H,1-2,7,9,11H2,(H,20,25)(H,21,23,26)/t14-/m0/s1. The monoisotopic (exact) mass is 368 g/mol. The summed E-state index contributed by atoms with van der Waals surface area (Å²) in [5.74, 6) is -0.0259. The predicted molar refractivity (Wildman–Crippen MR) is 97.5 cm³/mol. The summed E-state index contributed by atoms with van der Waals surface area (Å²) in [5, 5.41) is 16.3. The van der Waals surface area contributed by atoms with E-state index in [-0.39, 0.29) is 29.6 Å². The summed E-state index contributed by atoms with van der Waals surface area (Å²) in [6, 6.07) is 2.78. The van der Waals surface area contributed by atoms with Crippen molar-refractivity contribution in [1.29, 1.82) is 0 Å². The van der Waals surface area contributed by atoms with Crippen molar-refractivity contribution >= 4 is 17.8 Å². The second-order valence-electron chi connectivity index (χ2n) is 6.46. The first kappa shape index (κ1) is 17.2. The number of nitrogens with one attached hydrogen (secondary N) is 3. The highest BCUT2D eigenvalue weighted by Gasteiger charge is 2.23. The number of aromatic nitrogens is 2. The van der Waals surface area contributed by atoms with E-state index in [1.165, 1.54) is 6.07 Å². The molecule has 0 aromatic carbocycles. The van der Waals surface area contributed by atoms with Crippen LogP contribution in [0.15, 0.2) is 48.0 Å². The van der Waals surface area contributed by atoms with Gasteiger partial charge in [-0.15, -0.1) is 10.2 Å². The number of dihydropyridines is 1. The molecular formula is C18H20N6O3. The van der Waals surface area contributed by atoms with E-state index >= 15 is 0 Å². The predicted octanol–water partition coefficient (Wildman–Crippen LogP) is 1.12. The maximum absolute atomic E-state index is 12.4. The van der Waals surface area contributed by atoms with Gasteiger partial charge in [0, 0.05) is 31.8 Å². The number of hydrogen-bond acceptors (Lipinski definition) is 6. The highest BCUT2D eigenvalue weighted by atomic mass is 16.5. The van der Waals surface area contributed by atoms with Crippen LogP contribution in [0.2, 0.25) is 0 Å².